The normalized spacial score (nSPS) is 12.0. The zero-order valence-corrected chi connectivity index (χ0v) is 14.8. The van der Waals surface area contributed by atoms with Gasteiger partial charge in [0, 0.05) is 23.8 Å². The average molecular weight is 373 g/mol. The Kier molecular flexibility index (Phi) is 5.67. The summed E-state index contributed by atoms with van der Waals surface area (Å²) in [6, 6.07) is 13.8. The lowest BCUT2D eigenvalue weighted by Gasteiger charge is -2.15. The van der Waals surface area contributed by atoms with Crippen molar-refractivity contribution >= 4 is 34.6 Å². The molecule has 0 fully saturated rings. The molecule has 0 saturated heterocycles. The number of nitrogens with zero attached hydrogens (tertiary/aromatic N) is 1. The molecule has 128 valence electrons. The number of hydrogen-bond donors (Lipinski definition) is 0. The van der Waals surface area contributed by atoms with Crippen LogP contribution in [0.4, 0.5) is 5.69 Å². The predicted octanol–water partition coefficient (Wildman–Crippen LogP) is 5.50. The smallest absolute Gasteiger partial charge is 0.269 e. The van der Waals surface area contributed by atoms with Crippen LogP contribution >= 0.6 is 23.1 Å². The molecule has 1 aromatic carbocycles. The van der Waals surface area contributed by atoms with Crippen LogP contribution in [0.2, 0.25) is 0 Å². The van der Waals surface area contributed by atoms with E-state index in [4.69, 9.17) is 4.42 Å². The van der Waals surface area contributed by atoms with E-state index in [0.29, 0.717) is 12.2 Å². The average Bonchev–Trinajstić information content (AvgIpc) is 3.32. The Morgan fingerprint density at radius 3 is 2.60 bits per heavy atom. The number of benzene rings is 1. The highest BCUT2D eigenvalue weighted by Gasteiger charge is 2.20. The van der Waals surface area contributed by atoms with Gasteiger partial charge in [0.2, 0.25) is 0 Å². The number of Topliss-reactive ketones (excluding diaryl/α,β-unsaturated/α-hetero) is 1. The molecule has 1 unspecified atom stereocenters. The second-order valence-corrected chi connectivity index (χ2v) is 7.47. The van der Waals surface area contributed by atoms with Crippen LogP contribution in [-0.4, -0.2) is 10.7 Å². The van der Waals surface area contributed by atoms with E-state index in [1.165, 1.54) is 23.5 Å². The molecule has 0 saturated carbocycles. The van der Waals surface area contributed by atoms with Gasteiger partial charge in [0.05, 0.1) is 21.8 Å². The van der Waals surface area contributed by atoms with Crippen LogP contribution in [0, 0.1) is 10.1 Å². The molecule has 2 aromatic heterocycles. The maximum absolute atomic E-state index is 12.5. The Balaban J connectivity index is 1.77. The maximum Gasteiger partial charge on any atom is 0.269 e. The van der Waals surface area contributed by atoms with Crippen molar-refractivity contribution in [3.05, 3.63) is 86.5 Å². The molecule has 7 heteroatoms. The van der Waals surface area contributed by atoms with E-state index in [2.05, 4.69) is 0 Å². The summed E-state index contributed by atoms with van der Waals surface area (Å²) < 4.78 is 5.35. The van der Waals surface area contributed by atoms with Gasteiger partial charge in [-0.2, -0.15) is 0 Å². The molecule has 3 rings (SSSR count). The highest BCUT2D eigenvalue weighted by atomic mass is 32.2. The van der Waals surface area contributed by atoms with Gasteiger partial charge in [0.25, 0.3) is 5.69 Å². The van der Waals surface area contributed by atoms with Gasteiger partial charge in [-0.1, -0.05) is 18.2 Å². The summed E-state index contributed by atoms with van der Waals surface area (Å²) >= 11 is 3.02. The minimum Gasteiger partial charge on any atom is -0.468 e. The third kappa shape index (κ3) is 4.58. The van der Waals surface area contributed by atoms with Gasteiger partial charge >= 0.3 is 0 Å². The fourth-order valence-electron chi connectivity index (χ4n) is 2.37. The Morgan fingerprint density at radius 2 is 2.00 bits per heavy atom. The van der Waals surface area contributed by atoms with Crippen molar-refractivity contribution < 1.29 is 14.1 Å². The Labute approximate surface area is 152 Å². The first-order valence-electron chi connectivity index (χ1n) is 7.58. The van der Waals surface area contributed by atoms with E-state index in [1.54, 1.807) is 30.2 Å². The molecular weight excluding hydrogens is 358 g/mol. The zero-order valence-electron chi connectivity index (χ0n) is 13.2. The summed E-state index contributed by atoms with van der Waals surface area (Å²) in [6.45, 7) is 0. The van der Waals surface area contributed by atoms with Gasteiger partial charge in [0.1, 0.15) is 5.76 Å². The minimum absolute atomic E-state index is 0.0446. The second kappa shape index (κ2) is 8.13. The fourth-order valence-corrected chi connectivity index (χ4v) is 4.19. The van der Waals surface area contributed by atoms with Crippen molar-refractivity contribution in [1.82, 2.24) is 0 Å². The number of carbonyl (C=O) groups is 1. The van der Waals surface area contributed by atoms with E-state index in [-0.39, 0.29) is 16.7 Å². The molecule has 2 heterocycles. The van der Waals surface area contributed by atoms with Crippen molar-refractivity contribution in [2.24, 2.45) is 0 Å². The number of nitro groups is 1. The number of hydrogen-bond acceptors (Lipinski definition) is 6. The van der Waals surface area contributed by atoms with Gasteiger partial charge in [-0.3, -0.25) is 14.9 Å². The van der Waals surface area contributed by atoms with Crippen LogP contribution < -0.4 is 0 Å². The summed E-state index contributed by atoms with van der Waals surface area (Å²) in [7, 11) is 0. The van der Waals surface area contributed by atoms with Gasteiger partial charge in [-0.25, -0.2) is 0 Å². The zero-order chi connectivity index (χ0) is 17.6. The molecular formula is C18H15NO4S2. The number of thioether (sulfide) groups is 1. The van der Waals surface area contributed by atoms with Crippen LogP contribution in [0.1, 0.15) is 32.7 Å². The standard InChI is InChI=1S/C18H15NO4S2/c20-16(17-4-2-10-24-17)11-18(25-12-15-3-1-9-23-15)13-5-7-14(8-6-13)19(21)22/h1-10,18H,11-12H2. The van der Waals surface area contributed by atoms with E-state index in [1.807, 2.05) is 29.6 Å². The molecule has 3 aromatic rings. The van der Waals surface area contributed by atoms with Gasteiger partial charge in [0.15, 0.2) is 5.78 Å². The molecule has 25 heavy (non-hydrogen) atoms. The van der Waals surface area contributed by atoms with Crippen molar-refractivity contribution in [1.29, 1.82) is 0 Å². The quantitative estimate of drug-likeness (QED) is 0.296. The maximum atomic E-state index is 12.5. The summed E-state index contributed by atoms with van der Waals surface area (Å²) in [6.07, 6.45) is 1.96. The number of ketones is 1. The van der Waals surface area contributed by atoms with Gasteiger partial charge < -0.3 is 4.42 Å². The van der Waals surface area contributed by atoms with Crippen LogP contribution in [0.25, 0.3) is 0 Å². The Morgan fingerprint density at radius 1 is 1.20 bits per heavy atom. The third-order valence-corrected chi connectivity index (χ3v) is 5.85. The summed E-state index contributed by atoms with van der Waals surface area (Å²) in [5.74, 6) is 1.54. The fraction of sp³-hybridized carbons (Fsp3) is 0.167. The topological polar surface area (TPSA) is 73.3 Å². The Bertz CT molecular complexity index is 827. The highest BCUT2D eigenvalue weighted by Crippen LogP contribution is 2.36. The first-order valence-corrected chi connectivity index (χ1v) is 9.51. The minimum atomic E-state index is -0.425. The predicted molar refractivity (Wildman–Crippen MR) is 99.1 cm³/mol. The summed E-state index contributed by atoms with van der Waals surface area (Å²) in [4.78, 5) is 23.6. The molecule has 0 aliphatic carbocycles. The van der Waals surface area contributed by atoms with Crippen molar-refractivity contribution in [3.63, 3.8) is 0 Å². The van der Waals surface area contributed by atoms with Crippen LogP contribution in [-0.2, 0) is 5.75 Å². The molecule has 0 bridgehead atoms. The molecule has 0 aliphatic heterocycles. The molecule has 0 amide bonds. The summed E-state index contributed by atoms with van der Waals surface area (Å²) in [5.41, 5.74) is 0.940. The van der Waals surface area contributed by atoms with E-state index >= 15 is 0 Å². The summed E-state index contributed by atoms with van der Waals surface area (Å²) in [5, 5.41) is 12.6. The molecule has 0 radical (unpaired) electrons. The van der Waals surface area contributed by atoms with Crippen molar-refractivity contribution in [2.45, 2.75) is 17.4 Å². The largest absolute Gasteiger partial charge is 0.468 e. The van der Waals surface area contributed by atoms with Crippen molar-refractivity contribution in [2.75, 3.05) is 0 Å². The van der Waals surface area contributed by atoms with Gasteiger partial charge in [-0.05, 0) is 29.1 Å². The molecule has 0 N–H and O–H groups in total. The second-order valence-electron chi connectivity index (χ2n) is 5.33. The van der Waals surface area contributed by atoms with Gasteiger partial charge in [-0.15, -0.1) is 23.1 Å². The number of rotatable bonds is 8. The number of thiophene rings is 1. The van der Waals surface area contributed by atoms with E-state index in [9.17, 15) is 14.9 Å². The first-order chi connectivity index (χ1) is 12.1. The molecule has 0 spiro atoms. The monoisotopic (exact) mass is 373 g/mol. The van der Waals surface area contributed by atoms with Crippen LogP contribution in [0.3, 0.4) is 0 Å². The van der Waals surface area contributed by atoms with E-state index in [0.717, 1.165) is 16.2 Å². The lowest BCUT2D eigenvalue weighted by atomic mass is 10.1. The van der Waals surface area contributed by atoms with E-state index < -0.39 is 4.92 Å². The SMILES string of the molecule is O=C(CC(SCc1ccco1)c1ccc([N+](=O)[O-])cc1)c1cccs1. The molecule has 1 atom stereocenters. The van der Waals surface area contributed by atoms with Crippen molar-refractivity contribution in [3.8, 4) is 0 Å². The Hall–Kier alpha value is -2.38. The number of nitro benzene ring substituents is 1. The number of non-ortho nitro benzene ring substituents is 1. The van der Waals surface area contributed by atoms with Crippen LogP contribution in [0.15, 0.2) is 64.6 Å². The third-order valence-electron chi connectivity index (χ3n) is 3.65. The van der Waals surface area contributed by atoms with Crippen LogP contribution in [0.5, 0.6) is 0 Å². The lowest BCUT2D eigenvalue weighted by Crippen LogP contribution is -2.04. The lowest BCUT2D eigenvalue weighted by molar-refractivity contribution is -0.384. The number of carbonyl (C=O) groups excluding carboxylic acids is 1. The highest BCUT2D eigenvalue weighted by molar-refractivity contribution is 7.98. The first kappa shape index (κ1) is 17.4. The molecule has 0 aliphatic rings. The number of furan rings is 1. The molecule has 5 nitrogen and oxygen atoms in total.